The Morgan fingerprint density at radius 2 is 0.964 bits per heavy atom. The fourth-order valence-electron chi connectivity index (χ4n) is 2.67. The van der Waals surface area contributed by atoms with Crippen LogP contribution < -0.4 is 0 Å². The van der Waals surface area contributed by atoms with Crippen LogP contribution in [0.5, 0.6) is 0 Å². The van der Waals surface area contributed by atoms with Gasteiger partial charge >= 0.3 is 11.9 Å². The Bertz CT molecular complexity index is 681. The summed E-state index contributed by atoms with van der Waals surface area (Å²) in [5.74, 6) is -1.09. The van der Waals surface area contributed by atoms with Crippen molar-refractivity contribution in [3.8, 4) is 0 Å². The van der Waals surface area contributed by atoms with Crippen LogP contribution in [-0.4, -0.2) is 38.4 Å². The second-order valence-corrected chi connectivity index (χ2v) is 6.34. The molecular weight excluding hydrogens is 360 g/mol. The highest BCUT2D eigenvalue weighted by Gasteiger charge is 2.29. The molecule has 0 unspecified atom stereocenters. The van der Waals surface area contributed by atoms with Crippen molar-refractivity contribution in [1.29, 1.82) is 0 Å². The van der Waals surface area contributed by atoms with Crippen LogP contribution >= 0.6 is 0 Å². The Kier molecular flexibility index (Phi) is 8.17. The van der Waals surface area contributed by atoms with Crippen molar-refractivity contribution >= 4 is 11.9 Å². The molecule has 0 radical (unpaired) electrons. The number of hydrogen-bond donors (Lipinski definition) is 0. The Morgan fingerprint density at radius 3 is 1.25 bits per heavy atom. The molecule has 0 aliphatic carbocycles. The lowest BCUT2D eigenvalue weighted by molar-refractivity contribution is -0.178. The van der Waals surface area contributed by atoms with Gasteiger partial charge in [0.25, 0.3) is 0 Å². The van der Waals surface area contributed by atoms with Crippen molar-refractivity contribution in [2.24, 2.45) is 0 Å². The molecule has 2 aromatic rings. The first-order chi connectivity index (χ1) is 13.5. The predicted molar refractivity (Wildman–Crippen MR) is 103 cm³/mol. The molecule has 2 rings (SSSR count). The summed E-state index contributed by atoms with van der Waals surface area (Å²) in [6.07, 6.45) is -3.01. The highest BCUT2D eigenvalue weighted by Crippen LogP contribution is 2.22. The maximum absolute atomic E-state index is 12.5. The number of benzene rings is 2. The lowest BCUT2D eigenvalue weighted by Gasteiger charge is -2.25. The van der Waals surface area contributed by atoms with Crippen LogP contribution in [0.4, 0.5) is 0 Å². The van der Waals surface area contributed by atoms with E-state index in [0.29, 0.717) is 11.1 Å². The van der Waals surface area contributed by atoms with Gasteiger partial charge in [0.1, 0.15) is 12.2 Å². The lowest BCUT2D eigenvalue weighted by atomic mass is 10.1. The Labute approximate surface area is 165 Å². The predicted octanol–water partition coefficient (Wildman–Crippen LogP) is 3.63. The van der Waals surface area contributed by atoms with E-state index in [9.17, 15) is 9.59 Å². The lowest BCUT2D eigenvalue weighted by Crippen LogP contribution is -2.34. The van der Waals surface area contributed by atoms with Crippen LogP contribution in [0, 0.1) is 0 Å². The molecule has 0 spiro atoms. The van der Waals surface area contributed by atoms with E-state index in [2.05, 4.69) is 0 Å². The van der Waals surface area contributed by atoms with Gasteiger partial charge < -0.3 is 18.9 Å². The highest BCUT2D eigenvalue weighted by molar-refractivity contribution is 5.77. The highest BCUT2D eigenvalue weighted by atomic mass is 16.6. The molecule has 28 heavy (non-hydrogen) atoms. The summed E-state index contributed by atoms with van der Waals surface area (Å²) in [7, 11) is 2.88. The molecule has 0 saturated carbocycles. The minimum absolute atomic E-state index is 0.546. The van der Waals surface area contributed by atoms with Gasteiger partial charge in [-0.3, -0.25) is 0 Å². The molecule has 0 heterocycles. The minimum Gasteiger partial charge on any atom is -0.457 e. The maximum atomic E-state index is 12.5. The molecule has 150 valence electrons. The van der Waals surface area contributed by atoms with Gasteiger partial charge in [-0.25, -0.2) is 9.59 Å². The quantitative estimate of drug-likeness (QED) is 0.613. The molecule has 0 N–H and O–H groups in total. The summed E-state index contributed by atoms with van der Waals surface area (Å²) in [5, 5.41) is 0. The van der Waals surface area contributed by atoms with E-state index in [1.54, 1.807) is 38.1 Å². The van der Waals surface area contributed by atoms with Gasteiger partial charge in [-0.2, -0.15) is 0 Å². The van der Waals surface area contributed by atoms with E-state index in [1.807, 2.05) is 36.4 Å². The summed E-state index contributed by atoms with van der Waals surface area (Å²) in [6.45, 7) is 3.33. The Balaban J connectivity index is 1.97. The number of esters is 2. The number of carbonyl (C=O) groups excluding carboxylic acids is 2. The van der Waals surface area contributed by atoms with Crippen LogP contribution in [-0.2, 0) is 28.5 Å². The number of carbonyl (C=O) groups is 2. The first-order valence-electron chi connectivity index (χ1n) is 9.04. The summed E-state index contributed by atoms with van der Waals surface area (Å²) < 4.78 is 21.5. The molecular formula is C22H26O6. The summed E-state index contributed by atoms with van der Waals surface area (Å²) in [4.78, 5) is 24.9. The molecule has 0 bridgehead atoms. The normalized spacial score (nSPS) is 15.1. The third-order valence-corrected chi connectivity index (χ3v) is 4.37. The van der Waals surface area contributed by atoms with Crippen LogP contribution in [0.1, 0.15) is 37.2 Å². The van der Waals surface area contributed by atoms with Gasteiger partial charge in [-0.15, -0.1) is 0 Å². The smallest absolute Gasteiger partial charge is 0.340 e. The van der Waals surface area contributed by atoms with Crippen molar-refractivity contribution < 1.29 is 28.5 Å². The molecule has 0 fully saturated rings. The van der Waals surface area contributed by atoms with Crippen molar-refractivity contribution in [3.05, 3.63) is 71.8 Å². The molecule has 2 aromatic carbocycles. The van der Waals surface area contributed by atoms with Crippen molar-refractivity contribution in [3.63, 3.8) is 0 Å². The molecule has 4 atom stereocenters. The molecule has 0 saturated heterocycles. The van der Waals surface area contributed by atoms with E-state index in [-0.39, 0.29) is 0 Å². The van der Waals surface area contributed by atoms with Gasteiger partial charge in [-0.1, -0.05) is 60.7 Å². The first-order valence-corrected chi connectivity index (χ1v) is 9.04. The fraction of sp³-hybridized carbons (Fsp3) is 0.364. The average molecular weight is 386 g/mol. The van der Waals surface area contributed by atoms with E-state index >= 15 is 0 Å². The second kappa shape index (κ2) is 10.6. The average Bonchev–Trinajstić information content (AvgIpc) is 2.70. The molecule has 0 aromatic heterocycles. The summed E-state index contributed by atoms with van der Waals surface area (Å²) >= 11 is 0. The second-order valence-electron chi connectivity index (χ2n) is 6.34. The van der Waals surface area contributed by atoms with Crippen molar-refractivity contribution in [2.75, 3.05) is 14.2 Å². The van der Waals surface area contributed by atoms with E-state index in [1.165, 1.54) is 14.2 Å². The zero-order chi connectivity index (χ0) is 20.5. The third-order valence-electron chi connectivity index (χ3n) is 4.37. The van der Waals surface area contributed by atoms with Gasteiger partial charge in [0.05, 0.1) is 0 Å². The van der Waals surface area contributed by atoms with Gasteiger partial charge in [0.2, 0.25) is 0 Å². The SMILES string of the molecule is CO[C@H](C(=O)O[C@@H](C)[C@@H](C)OC(=O)[C@@H](OC)c1ccccc1)c1ccccc1. The molecule has 6 heteroatoms. The molecule has 0 amide bonds. The maximum Gasteiger partial charge on any atom is 0.340 e. The Morgan fingerprint density at radius 1 is 0.643 bits per heavy atom. The minimum atomic E-state index is -0.845. The summed E-state index contributed by atoms with van der Waals surface area (Å²) in [6, 6.07) is 18.1. The van der Waals surface area contributed by atoms with E-state index in [4.69, 9.17) is 18.9 Å². The van der Waals surface area contributed by atoms with Gasteiger partial charge in [-0.05, 0) is 25.0 Å². The van der Waals surface area contributed by atoms with E-state index in [0.717, 1.165) is 0 Å². The van der Waals surface area contributed by atoms with Crippen LogP contribution in [0.15, 0.2) is 60.7 Å². The summed E-state index contributed by atoms with van der Waals surface area (Å²) in [5.41, 5.74) is 1.38. The zero-order valence-corrected chi connectivity index (χ0v) is 16.5. The Hall–Kier alpha value is -2.70. The van der Waals surface area contributed by atoms with Crippen LogP contribution in [0.25, 0.3) is 0 Å². The molecule has 6 nitrogen and oxygen atoms in total. The number of methoxy groups -OCH3 is 2. The van der Waals surface area contributed by atoms with Gasteiger partial charge in [0, 0.05) is 14.2 Å². The standard InChI is InChI=1S/C22H26O6/c1-15(27-21(23)19(25-3)17-11-7-5-8-12-17)16(2)28-22(24)20(26-4)18-13-9-6-10-14-18/h5-16,19-20H,1-4H3/t15-,16+,19-,20-/m0/s1. The third kappa shape index (κ3) is 5.65. The first kappa shape index (κ1) is 21.6. The number of rotatable bonds is 9. The largest absolute Gasteiger partial charge is 0.457 e. The zero-order valence-electron chi connectivity index (χ0n) is 16.5. The van der Waals surface area contributed by atoms with Crippen molar-refractivity contribution in [1.82, 2.24) is 0 Å². The topological polar surface area (TPSA) is 71.1 Å². The number of hydrogen-bond acceptors (Lipinski definition) is 6. The van der Waals surface area contributed by atoms with Gasteiger partial charge in [0.15, 0.2) is 12.2 Å². The molecule has 0 aliphatic heterocycles. The molecule has 0 aliphatic rings. The van der Waals surface area contributed by atoms with E-state index < -0.39 is 36.4 Å². The number of ether oxygens (including phenoxy) is 4. The fourth-order valence-corrected chi connectivity index (χ4v) is 2.67. The van der Waals surface area contributed by atoms with Crippen molar-refractivity contribution in [2.45, 2.75) is 38.3 Å². The monoisotopic (exact) mass is 386 g/mol. The van der Waals surface area contributed by atoms with Crippen LogP contribution in [0.3, 0.4) is 0 Å². The van der Waals surface area contributed by atoms with Crippen LogP contribution in [0.2, 0.25) is 0 Å².